The van der Waals surface area contributed by atoms with E-state index < -0.39 is 0 Å². The van der Waals surface area contributed by atoms with Crippen molar-refractivity contribution in [2.75, 3.05) is 0 Å². The topological polar surface area (TPSA) is 20.2 Å². The van der Waals surface area contributed by atoms with Crippen LogP contribution in [0.15, 0.2) is 0 Å². The van der Waals surface area contributed by atoms with Crippen molar-refractivity contribution in [1.29, 1.82) is 0 Å². The lowest BCUT2D eigenvalue weighted by Gasteiger charge is -2.43. The highest BCUT2D eigenvalue weighted by Gasteiger charge is 2.51. The first kappa shape index (κ1) is 7.60. The van der Waals surface area contributed by atoms with E-state index in [1.54, 1.807) is 0 Å². The fourth-order valence-electron chi connectivity index (χ4n) is 2.78. The van der Waals surface area contributed by atoms with Gasteiger partial charge >= 0.3 is 0 Å². The second-order valence-electron chi connectivity index (χ2n) is 5.06. The fourth-order valence-corrected chi connectivity index (χ4v) is 2.78. The summed E-state index contributed by atoms with van der Waals surface area (Å²) < 4.78 is 0. The maximum Gasteiger partial charge on any atom is 0.0701 e. The molecule has 11 heavy (non-hydrogen) atoms. The second-order valence-corrected chi connectivity index (χ2v) is 5.06. The third kappa shape index (κ3) is 0.936. The summed E-state index contributed by atoms with van der Waals surface area (Å²) in [4.78, 5) is 0. The Kier molecular flexibility index (Phi) is 1.39. The molecule has 2 saturated carbocycles. The van der Waals surface area contributed by atoms with Gasteiger partial charge in [0.2, 0.25) is 0 Å². The Morgan fingerprint density at radius 1 is 1.18 bits per heavy atom. The summed E-state index contributed by atoms with van der Waals surface area (Å²) in [6, 6.07) is 0. The van der Waals surface area contributed by atoms with E-state index in [-0.39, 0.29) is 11.0 Å². The van der Waals surface area contributed by atoms with Gasteiger partial charge in [0.1, 0.15) is 0 Å². The molecule has 2 rings (SSSR count). The number of aliphatic hydroxyl groups is 1. The van der Waals surface area contributed by atoms with E-state index in [1.807, 2.05) is 0 Å². The second kappa shape index (κ2) is 2.01. The molecule has 2 aliphatic rings. The molecule has 1 heteroatoms. The monoisotopic (exact) mass is 154 g/mol. The summed E-state index contributed by atoms with van der Waals surface area (Å²) in [6.45, 7) is 4.43. The maximum absolute atomic E-state index is 10.2. The Hall–Kier alpha value is -0.0400. The van der Waals surface area contributed by atoms with Crippen molar-refractivity contribution < 1.29 is 5.11 Å². The molecule has 0 aromatic heterocycles. The quantitative estimate of drug-likeness (QED) is 0.568. The highest BCUT2D eigenvalue weighted by atomic mass is 16.3. The van der Waals surface area contributed by atoms with E-state index in [9.17, 15) is 5.11 Å². The average Bonchev–Trinajstić information content (AvgIpc) is 2.25. The third-order valence-corrected chi connectivity index (χ3v) is 4.03. The van der Waals surface area contributed by atoms with Crippen LogP contribution in [-0.4, -0.2) is 10.7 Å². The highest BCUT2D eigenvalue weighted by Crippen LogP contribution is 2.54. The number of fused-ring (bicyclic) bond motifs is 2. The molecule has 0 amide bonds. The Morgan fingerprint density at radius 2 is 1.82 bits per heavy atom. The first-order valence-electron chi connectivity index (χ1n) is 4.76. The molecule has 64 valence electrons. The Balaban J connectivity index is 2.27. The van der Waals surface area contributed by atoms with Gasteiger partial charge in [-0.25, -0.2) is 0 Å². The molecule has 2 atom stereocenters. The van der Waals surface area contributed by atoms with E-state index in [0.717, 1.165) is 18.8 Å². The van der Waals surface area contributed by atoms with Gasteiger partial charge in [-0.05, 0) is 43.4 Å². The minimum Gasteiger partial charge on any atom is -0.389 e. The minimum absolute atomic E-state index is 0.181. The minimum atomic E-state index is -0.310. The molecule has 2 fully saturated rings. The zero-order chi connectivity index (χ0) is 8.11. The zero-order valence-corrected chi connectivity index (χ0v) is 7.56. The highest BCUT2D eigenvalue weighted by molar-refractivity contribution is 5.03. The number of rotatable bonds is 0. The lowest BCUT2D eigenvalue weighted by Crippen LogP contribution is -2.44. The van der Waals surface area contributed by atoms with Crippen LogP contribution in [0.1, 0.15) is 46.0 Å². The van der Waals surface area contributed by atoms with Crippen LogP contribution in [0.3, 0.4) is 0 Å². The SMILES string of the molecule is CC1(C)CCC2CCC1(O)C2. The van der Waals surface area contributed by atoms with Crippen molar-refractivity contribution in [3.8, 4) is 0 Å². The van der Waals surface area contributed by atoms with Gasteiger partial charge < -0.3 is 5.11 Å². The molecule has 2 bridgehead atoms. The zero-order valence-electron chi connectivity index (χ0n) is 7.56. The number of hydrogen-bond donors (Lipinski definition) is 1. The Morgan fingerprint density at radius 3 is 2.45 bits per heavy atom. The molecule has 1 N–H and O–H groups in total. The first-order chi connectivity index (χ1) is 5.04. The summed E-state index contributed by atoms with van der Waals surface area (Å²) in [5, 5.41) is 10.2. The summed E-state index contributed by atoms with van der Waals surface area (Å²) in [6.07, 6.45) is 5.94. The van der Waals surface area contributed by atoms with Gasteiger partial charge in [0.15, 0.2) is 0 Å². The van der Waals surface area contributed by atoms with E-state index >= 15 is 0 Å². The van der Waals surface area contributed by atoms with Gasteiger partial charge in [0.05, 0.1) is 5.60 Å². The average molecular weight is 154 g/mol. The van der Waals surface area contributed by atoms with Crippen LogP contribution in [0.4, 0.5) is 0 Å². The molecule has 0 spiro atoms. The van der Waals surface area contributed by atoms with Crippen molar-refractivity contribution in [3.63, 3.8) is 0 Å². The van der Waals surface area contributed by atoms with Crippen molar-refractivity contribution in [3.05, 3.63) is 0 Å². The normalized spacial score (nSPS) is 47.7. The molecule has 0 saturated heterocycles. The maximum atomic E-state index is 10.2. The number of hydrogen-bond acceptors (Lipinski definition) is 1. The van der Waals surface area contributed by atoms with Gasteiger partial charge in [0, 0.05) is 0 Å². The smallest absolute Gasteiger partial charge is 0.0701 e. The van der Waals surface area contributed by atoms with Gasteiger partial charge in [-0.3, -0.25) is 0 Å². The molecule has 1 nitrogen and oxygen atoms in total. The molecule has 0 aromatic carbocycles. The fraction of sp³-hybridized carbons (Fsp3) is 1.00. The molecule has 0 aromatic rings. The van der Waals surface area contributed by atoms with Gasteiger partial charge in [0.25, 0.3) is 0 Å². The van der Waals surface area contributed by atoms with E-state index in [0.29, 0.717) is 0 Å². The van der Waals surface area contributed by atoms with E-state index in [2.05, 4.69) is 13.8 Å². The van der Waals surface area contributed by atoms with Crippen LogP contribution in [0, 0.1) is 11.3 Å². The summed E-state index contributed by atoms with van der Waals surface area (Å²) in [7, 11) is 0. The van der Waals surface area contributed by atoms with E-state index in [1.165, 1.54) is 19.3 Å². The van der Waals surface area contributed by atoms with Crippen LogP contribution < -0.4 is 0 Å². The molecule has 0 heterocycles. The lowest BCUT2D eigenvalue weighted by molar-refractivity contribution is -0.0837. The molecule has 2 unspecified atom stereocenters. The lowest BCUT2D eigenvalue weighted by atomic mass is 9.66. The molecular formula is C10H18O. The van der Waals surface area contributed by atoms with Gasteiger partial charge in [-0.2, -0.15) is 0 Å². The van der Waals surface area contributed by atoms with Crippen molar-refractivity contribution in [2.45, 2.75) is 51.6 Å². The molecular weight excluding hydrogens is 136 g/mol. The van der Waals surface area contributed by atoms with Crippen LogP contribution in [0.2, 0.25) is 0 Å². The van der Waals surface area contributed by atoms with E-state index in [4.69, 9.17) is 0 Å². The standard InChI is InChI=1S/C10H18O/c1-9(2)5-3-8-4-6-10(9,11)7-8/h8,11H,3-7H2,1-2H3. The summed E-state index contributed by atoms with van der Waals surface area (Å²) in [5.74, 6) is 0.841. The van der Waals surface area contributed by atoms with Gasteiger partial charge in [-0.15, -0.1) is 0 Å². The van der Waals surface area contributed by atoms with Crippen LogP contribution >= 0.6 is 0 Å². The molecule has 2 aliphatic carbocycles. The van der Waals surface area contributed by atoms with Gasteiger partial charge in [-0.1, -0.05) is 13.8 Å². The molecule has 0 aliphatic heterocycles. The summed E-state index contributed by atoms with van der Waals surface area (Å²) in [5.41, 5.74) is -0.129. The third-order valence-electron chi connectivity index (χ3n) is 4.03. The van der Waals surface area contributed by atoms with Crippen LogP contribution in [0.5, 0.6) is 0 Å². The molecule has 0 radical (unpaired) electrons. The van der Waals surface area contributed by atoms with Crippen molar-refractivity contribution in [2.24, 2.45) is 11.3 Å². The Labute approximate surface area is 68.8 Å². The predicted molar refractivity (Wildman–Crippen MR) is 45.3 cm³/mol. The largest absolute Gasteiger partial charge is 0.389 e. The van der Waals surface area contributed by atoms with Crippen LogP contribution in [0.25, 0.3) is 0 Å². The summed E-state index contributed by atoms with van der Waals surface area (Å²) >= 11 is 0. The van der Waals surface area contributed by atoms with Crippen molar-refractivity contribution >= 4 is 0 Å². The predicted octanol–water partition coefficient (Wildman–Crippen LogP) is 2.34. The van der Waals surface area contributed by atoms with Crippen molar-refractivity contribution in [1.82, 2.24) is 0 Å². The Bertz CT molecular complexity index is 174. The first-order valence-corrected chi connectivity index (χ1v) is 4.76. The van der Waals surface area contributed by atoms with Crippen LogP contribution in [-0.2, 0) is 0 Å².